The number of nitrogens with zero attached hydrogens (tertiary/aromatic N) is 3. The Hall–Kier alpha value is -3.53. The first-order valence-electron chi connectivity index (χ1n) is 11.3. The molecule has 186 valence electrons. The van der Waals surface area contributed by atoms with Crippen LogP contribution in [0.4, 0.5) is 0 Å². The van der Waals surface area contributed by atoms with E-state index in [4.69, 9.17) is 30.2 Å². The van der Waals surface area contributed by atoms with E-state index in [9.17, 15) is 0 Å². The standard InChI is InChI=1S/C27H19BrClN3O4S/c1-33-23-12-21(35-15-17-8-5-9-18(10-17)34-14-16-6-3-2-4-7-16)19-11-22(36-25(19)24(23)29)20-13-30-27-32(20)31-26(28)37-27/h2-13H,14-15H2,1H3. The lowest BCUT2D eigenvalue weighted by atomic mass is 10.2. The average Bonchev–Trinajstić information content (AvgIpc) is 3.62. The van der Waals surface area contributed by atoms with Gasteiger partial charge < -0.3 is 18.6 Å². The molecule has 0 unspecified atom stereocenters. The maximum atomic E-state index is 6.60. The smallest absolute Gasteiger partial charge is 0.213 e. The molecule has 3 aromatic heterocycles. The minimum absolute atomic E-state index is 0.318. The summed E-state index contributed by atoms with van der Waals surface area (Å²) in [7, 11) is 1.56. The maximum absolute atomic E-state index is 6.60. The van der Waals surface area contributed by atoms with Gasteiger partial charge in [0.25, 0.3) is 0 Å². The summed E-state index contributed by atoms with van der Waals surface area (Å²) < 4.78 is 26.3. The molecule has 7 nitrogen and oxygen atoms in total. The zero-order chi connectivity index (χ0) is 25.4. The van der Waals surface area contributed by atoms with E-state index in [1.807, 2.05) is 60.7 Å². The number of methoxy groups -OCH3 is 1. The van der Waals surface area contributed by atoms with Crippen molar-refractivity contribution in [1.29, 1.82) is 0 Å². The lowest BCUT2D eigenvalue weighted by Crippen LogP contribution is -1.99. The molecule has 0 bridgehead atoms. The van der Waals surface area contributed by atoms with Crippen LogP contribution in [0.2, 0.25) is 5.02 Å². The Balaban J connectivity index is 1.28. The fraction of sp³-hybridized carbons (Fsp3) is 0.111. The second-order valence-electron chi connectivity index (χ2n) is 8.15. The van der Waals surface area contributed by atoms with Crippen molar-refractivity contribution in [2.75, 3.05) is 7.11 Å². The molecule has 6 aromatic rings. The molecule has 0 aliphatic carbocycles. The van der Waals surface area contributed by atoms with Crippen molar-refractivity contribution >= 4 is 54.8 Å². The maximum Gasteiger partial charge on any atom is 0.213 e. The topological polar surface area (TPSA) is 71.0 Å². The first-order valence-corrected chi connectivity index (χ1v) is 13.3. The Kier molecular flexibility index (Phi) is 6.50. The van der Waals surface area contributed by atoms with E-state index in [0.29, 0.717) is 46.8 Å². The molecule has 0 radical (unpaired) electrons. The molecule has 0 amide bonds. The fourth-order valence-electron chi connectivity index (χ4n) is 3.97. The van der Waals surface area contributed by atoms with Crippen molar-refractivity contribution in [3.63, 3.8) is 0 Å². The molecular weight excluding hydrogens is 578 g/mol. The van der Waals surface area contributed by atoms with Crippen LogP contribution in [0.5, 0.6) is 17.2 Å². The summed E-state index contributed by atoms with van der Waals surface area (Å²) in [5.41, 5.74) is 3.24. The second kappa shape index (κ2) is 10.1. The molecule has 10 heteroatoms. The number of fused-ring (bicyclic) bond motifs is 2. The molecule has 3 heterocycles. The van der Waals surface area contributed by atoms with E-state index in [-0.39, 0.29) is 0 Å². The Morgan fingerprint density at radius 1 is 0.973 bits per heavy atom. The first kappa shape index (κ1) is 23.8. The third kappa shape index (κ3) is 4.77. The SMILES string of the molecule is COc1cc(OCc2cccc(OCc3ccccc3)c2)c2cc(-c3cnc4sc(Br)nn34)oc2c1Cl. The van der Waals surface area contributed by atoms with E-state index in [1.165, 1.54) is 11.3 Å². The summed E-state index contributed by atoms with van der Waals surface area (Å²) in [6.45, 7) is 0.814. The number of hydrogen-bond acceptors (Lipinski definition) is 7. The van der Waals surface area contributed by atoms with E-state index < -0.39 is 0 Å². The van der Waals surface area contributed by atoms with E-state index in [1.54, 1.807) is 23.9 Å². The van der Waals surface area contributed by atoms with Crippen LogP contribution in [-0.4, -0.2) is 21.7 Å². The lowest BCUT2D eigenvalue weighted by molar-refractivity contribution is 0.296. The van der Waals surface area contributed by atoms with Gasteiger partial charge in [-0.2, -0.15) is 4.52 Å². The van der Waals surface area contributed by atoms with Crippen LogP contribution in [0, 0.1) is 0 Å². The van der Waals surface area contributed by atoms with Crippen molar-refractivity contribution in [3.05, 3.63) is 93.0 Å². The molecule has 37 heavy (non-hydrogen) atoms. The van der Waals surface area contributed by atoms with Gasteiger partial charge in [0.15, 0.2) is 15.3 Å². The fourth-order valence-corrected chi connectivity index (χ4v) is 5.44. The summed E-state index contributed by atoms with van der Waals surface area (Å²) in [5.74, 6) is 2.38. The molecule has 0 spiro atoms. The Bertz CT molecular complexity index is 1710. The molecule has 6 rings (SSSR count). The van der Waals surface area contributed by atoms with Gasteiger partial charge in [0, 0.05) is 6.07 Å². The van der Waals surface area contributed by atoms with Gasteiger partial charge >= 0.3 is 0 Å². The van der Waals surface area contributed by atoms with Crippen LogP contribution in [-0.2, 0) is 13.2 Å². The van der Waals surface area contributed by atoms with Crippen LogP contribution in [0.15, 0.2) is 81.3 Å². The number of rotatable bonds is 8. The van der Waals surface area contributed by atoms with Gasteiger partial charge in [0.2, 0.25) is 4.96 Å². The van der Waals surface area contributed by atoms with E-state index >= 15 is 0 Å². The number of imidazole rings is 1. The Labute approximate surface area is 229 Å². The first-order chi connectivity index (χ1) is 18.1. The number of halogens is 2. The van der Waals surface area contributed by atoms with Crippen LogP contribution < -0.4 is 14.2 Å². The molecule has 0 fully saturated rings. The summed E-state index contributed by atoms with van der Waals surface area (Å²) in [5, 5.41) is 5.54. The minimum Gasteiger partial charge on any atom is -0.495 e. The number of furan rings is 1. The number of ether oxygens (including phenoxy) is 3. The van der Waals surface area contributed by atoms with Crippen molar-refractivity contribution in [3.8, 4) is 28.7 Å². The highest BCUT2D eigenvalue weighted by molar-refractivity contribution is 9.11. The number of hydrogen-bond donors (Lipinski definition) is 0. The van der Waals surface area contributed by atoms with Gasteiger partial charge in [0.05, 0.1) is 18.7 Å². The highest BCUT2D eigenvalue weighted by Gasteiger charge is 2.21. The van der Waals surface area contributed by atoms with Gasteiger partial charge in [-0.3, -0.25) is 0 Å². The highest BCUT2D eigenvalue weighted by atomic mass is 79.9. The molecule has 3 aromatic carbocycles. The van der Waals surface area contributed by atoms with Crippen LogP contribution in [0.25, 0.3) is 27.4 Å². The number of aromatic nitrogens is 3. The molecule has 0 saturated heterocycles. The van der Waals surface area contributed by atoms with Crippen LogP contribution in [0.3, 0.4) is 0 Å². The van der Waals surface area contributed by atoms with Crippen molar-refractivity contribution in [1.82, 2.24) is 14.6 Å². The van der Waals surface area contributed by atoms with Gasteiger partial charge in [0.1, 0.15) is 41.2 Å². The third-order valence-electron chi connectivity index (χ3n) is 5.75. The van der Waals surface area contributed by atoms with E-state index in [0.717, 1.165) is 31.1 Å². The lowest BCUT2D eigenvalue weighted by Gasteiger charge is -2.12. The quantitative estimate of drug-likeness (QED) is 0.179. The van der Waals surface area contributed by atoms with Crippen LogP contribution in [0.1, 0.15) is 11.1 Å². The van der Waals surface area contributed by atoms with Crippen LogP contribution >= 0.6 is 38.9 Å². The molecule has 0 N–H and O–H groups in total. The molecular formula is C27H19BrClN3O4S. The summed E-state index contributed by atoms with van der Waals surface area (Å²) in [6, 6.07) is 21.5. The van der Waals surface area contributed by atoms with Gasteiger partial charge in [-0.15, -0.1) is 5.10 Å². The Morgan fingerprint density at radius 3 is 2.62 bits per heavy atom. The second-order valence-corrected chi connectivity index (χ2v) is 10.8. The summed E-state index contributed by atoms with van der Waals surface area (Å²) >= 11 is 11.4. The molecule has 0 atom stereocenters. The normalized spacial score (nSPS) is 11.3. The molecule has 0 aliphatic heterocycles. The van der Waals surface area contributed by atoms with Gasteiger partial charge in [-0.05, 0) is 45.3 Å². The van der Waals surface area contributed by atoms with E-state index in [2.05, 4.69) is 26.0 Å². The predicted molar refractivity (Wildman–Crippen MR) is 147 cm³/mol. The van der Waals surface area contributed by atoms with Gasteiger partial charge in [-0.1, -0.05) is 65.4 Å². The minimum atomic E-state index is 0.318. The van der Waals surface area contributed by atoms with Gasteiger partial charge in [-0.25, -0.2) is 4.98 Å². The molecule has 0 saturated carbocycles. The third-order valence-corrected chi connectivity index (χ3v) is 7.46. The van der Waals surface area contributed by atoms with Crippen molar-refractivity contribution in [2.24, 2.45) is 0 Å². The number of benzene rings is 3. The zero-order valence-electron chi connectivity index (χ0n) is 19.5. The summed E-state index contributed by atoms with van der Waals surface area (Å²) in [6.07, 6.45) is 1.72. The highest BCUT2D eigenvalue weighted by Crippen LogP contribution is 2.43. The summed E-state index contributed by atoms with van der Waals surface area (Å²) in [4.78, 5) is 5.16. The molecule has 0 aliphatic rings. The predicted octanol–water partition coefficient (Wildman–Crippen LogP) is 7.79. The largest absolute Gasteiger partial charge is 0.495 e. The van der Waals surface area contributed by atoms with Crippen molar-refractivity contribution in [2.45, 2.75) is 13.2 Å². The van der Waals surface area contributed by atoms with Crippen molar-refractivity contribution < 1.29 is 18.6 Å². The monoisotopic (exact) mass is 595 g/mol. The zero-order valence-corrected chi connectivity index (χ0v) is 22.6. The Morgan fingerprint density at radius 2 is 1.78 bits per heavy atom. The average molecular weight is 597 g/mol.